The summed E-state index contributed by atoms with van der Waals surface area (Å²) in [6.07, 6.45) is 0. The highest BCUT2D eigenvalue weighted by atomic mass is 16.5. The number of amides is 2. The summed E-state index contributed by atoms with van der Waals surface area (Å²) in [5, 5.41) is 17.7. The van der Waals surface area contributed by atoms with Crippen molar-refractivity contribution in [1.29, 1.82) is 0 Å². The van der Waals surface area contributed by atoms with E-state index in [9.17, 15) is 9.59 Å². The first-order valence-corrected chi connectivity index (χ1v) is 8.94. The van der Waals surface area contributed by atoms with Crippen molar-refractivity contribution >= 4 is 12.0 Å². The molecule has 3 rings (SSSR count). The van der Waals surface area contributed by atoms with Crippen molar-refractivity contribution in [3.63, 3.8) is 0 Å². The Morgan fingerprint density at radius 3 is 2.69 bits per heavy atom. The Labute approximate surface area is 167 Å². The van der Waals surface area contributed by atoms with Gasteiger partial charge in [0.2, 0.25) is 5.82 Å². The van der Waals surface area contributed by atoms with E-state index in [0.717, 1.165) is 0 Å². The number of urea groups is 1. The normalized spacial score (nSPS) is 16.1. The average Bonchev–Trinajstić information content (AvgIpc) is 3.15. The fourth-order valence-corrected chi connectivity index (χ4v) is 2.95. The van der Waals surface area contributed by atoms with E-state index in [1.807, 2.05) is 0 Å². The standard InChI is InChI=1S/C18H22N6O5/c1-5-29-17(25)15-10(2)19-18(26)20-12(15)9-24-22-16(21-23-24)11-6-7-13(27-3)14(8-11)28-4/h6-8,10H,5,9H2,1-4H3,(H2,19,20,26). The summed E-state index contributed by atoms with van der Waals surface area (Å²) in [5.74, 6) is 0.965. The molecule has 0 aliphatic carbocycles. The largest absolute Gasteiger partial charge is 0.493 e. The van der Waals surface area contributed by atoms with E-state index >= 15 is 0 Å². The van der Waals surface area contributed by atoms with Crippen LogP contribution in [0.1, 0.15) is 13.8 Å². The van der Waals surface area contributed by atoms with Gasteiger partial charge in [0.15, 0.2) is 11.5 Å². The summed E-state index contributed by atoms with van der Waals surface area (Å²) in [7, 11) is 3.09. The Kier molecular flexibility index (Phi) is 5.96. The number of nitrogens with zero attached hydrogens (tertiary/aromatic N) is 4. The molecule has 1 unspecified atom stereocenters. The number of ether oxygens (including phenoxy) is 3. The topological polar surface area (TPSA) is 129 Å². The molecule has 0 saturated heterocycles. The van der Waals surface area contributed by atoms with E-state index in [0.29, 0.717) is 34.2 Å². The molecule has 2 N–H and O–H groups in total. The van der Waals surface area contributed by atoms with Crippen molar-refractivity contribution in [3.05, 3.63) is 29.5 Å². The fourth-order valence-electron chi connectivity index (χ4n) is 2.95. The minimum absolute atomic E-state index is 0.0478. The maximum atomic E-state index is 12.3. The van der Waals surface area contributed by atoms with Gasteiger partial charge >= 0.3 is 12.0 Å². The van der Waals surface area contributed by atoms with Gasteiger partial charge in [-0.05, 0) is 37.3 Å². The van der Waals surface area contributed by atoms with Gasteiger partial charge in [0.1, 0.15) is 6.54 Å². The molecule has 0 fully saturated rings. The molecule has 2 heterocycles. The van der Waals surface area contributed by atoms with E-state index in [4.69, 9.17) is 14.2 Å². The van der Waals surface area contributed by atoms with Crippen LogP contribution in [0.2, 0.25) is 0 Å². The van der Waals surface area contributed by atoms with Gasteiger partial charge in [-0.1, -0.05) is 0 Å². The summed E-state index contributed by atoms with van der Waals surface area (Å²) in [5.41, 5.74) is 1.35. The van der Waals surface area contributed by atoms with Crippen LogP contribution in [0.15, 0.2) is 29.5 Å². The van der Waals surface area contributed by atoms with Crippen molar-refractivity contribution < 1.29 is 23.8 Å². The van der Waals surface area contributed by atoms with Crippen molar-refractivity contribution in [2.75, 3.05) is 20.8 Å². The zero-order valence-corrected chi connectivity index (χ0v) is 16.6. The second-order valence-electron chi connectivity index (χ2n) is 6.15. The van der Waals surface area contributed by atoms with Crippen LogP contribution in [0, 0.1) is 0 Å². The highest BCUT2D eigenvalue weighted by Crippen LogP contribution is 2.30. The molecule has 1 aliphatic rings. The second kappa shape index (κ2) is 8.59. The van der Waals surface area contributed by atoms with E-state index in [-0.39, 0.29) is 13.2 Å². The molecule has 11 nitrogen and oxygen atoms in total. The van der Waals surface area contributed by atoms with Gasteiger partial charge in [-0.25, -0.2) is 9.59 Å². The van der Waals surface area contributed by atoms with Crippen molar-refractivity contribution in [2.24, 2.45) is 0 Å². The zero-order valence-electron chi connectivity index (χ0n) is 16.6. The number of aromatic nitrogens is 4. The highest BCUT2D eigenvalue weighted by molar-refractivity contribution is 5.94. The van der Waals surface area contributed by atoms with Crippen LogP contribution in [0.5, 0.6) is 11.5 Å². The van der Waals surface area contributed by atoms with E-state index < -0.39 is 18.0 Å². The number of hydrogen-bond acceptors (Lipinski definition) is 8. The van der Waals surface area contributed by atoms with E-state index in [1.54, 1.807) is 39.2 Å². The molecule has 0 bridgehead atoms. The van der Waals surface area contributed by atoms with Gasteiger partial charge < -0.3 is 24.8 Å². The number of tetrazole rings is 1. The predicted octanol–water partition coefficient (Wildman–Crippen LogP) is 0.876. The van der Waals surface area contributed by atoms with Crippen LogP contribution in [-0.2, 0) is 16.1 Å². The first kappa shape index (κ1) is 20.1. The van der Waals surface area contributed by atoms with Gasteiger partial charge in [0.25, 0.3) is 0 Å². The minimum atomic E-state index is -0.511. The molecule has 1 aliphatic heterocycles. The number of methoxy groups -OCH3 is 2. The number of carbonyl (C=O) groups is 2. The van der Waals surface area contributed by atoms with Gasteiger partial charge in [-0.2, -0.15) is 4.80 Å². The summed E-state index contributed by atoms with van der Waals surface area (Å²) in [6, 6.07) is 4.33. The number of carbonyl (C=O) groups excluding carboxylic acids is 2. The Morgan fingerprint density at radius 2 is 2.00 bits per heavy atom. The van der Waals surface area contributed by atoms with Crippen LogP contribution in [0.3, 0.4) is 0 Å². The summed E-state index contributed by atoms with van der Waals surface area (Å²) >= 11 is 0. The highest BCUT2D eigenvalue weighted by Gasteiger charge is 2.30. The van der Waals surface area contributed by atoms with Gasteiger partial charge in [0.05, 0.1) is 38.1 Å². The van der Waals surface area contributed by atoms with Crippen LogP contribution >= 0.6 is 0 Å². The summed E-state index contributed by atoms with van der Waals surface area (Å²) in [4.78, 5) is 25.5. The van der Waals surface area contributed by atoms with E-state index in [1.165, 1.54) is 11.9 Å². The Bertz CT molecular complexity index is 954. The lowest BCUT2D eigenvalue weighted by atomic mass is 10.0. The lowest BCUT2D eigenvalue weighted by Crippen LogP contribution is -2.50. The van der Waals surface area contributed by atoms with Crippen LogP contribution in [-0.4, -0.2) is 59.1 Å². The average molecular weight is 402 g/mol. The molecule has 2 amide bonds. The van der Waals surface area contributed by atoms with Crippen molar-refractivity contribution in [1.82, 2.24) is 30.8 Å². The molecule has 0 spiro atoms. The summed E-state index contributed by atoms with van der Waals surface area (Å²) in [6.45, 7) is 3.69. The summed E-state index contributed by atoms with van der Waals surface area (Å²) < 4.78 is 15.6. The number of esters is 1. The third-order valence-corrected chi connectivity index (χ3v) is 4.26. The molecule has 11 heteroatoms. The zero-order chi connectivity index (χ0) is 21.0. The third-order valence-electron chi connectivity index (χ3n) is 4.26. The maximum absolute atomic E-state index is 12.3. The SMILES string of the molecule is CCOC(=O)C1=C(Cn2nnc(-c3ccc(OC)c(OC)c3)n2)NC(=O)NC1C. The smallest absolute Gasteiger partial charge is 0.337 e. The number of benzene rings is 1. The van der Waals surface area contributed by atoms with Crippen LogP contribution in [0.25, 0.3) is 11.4 Å². The van der Waals surface area contributed by atoms with Crippen LogP contribution < -0.4 is 20.1 Å². The van der Waals surface area contributed by atoms with E-state index in [2.05, 4.69) is 26.0 Å². The molecule has 154 valence electrons. The Balaban J connectivity index is 1.89. The molecule has 1 atom stereocenters. The number of nitrogens with one attached hydrogen (secondary N) is 2. The van der Waals surface area contributed by atoms with Crippen molar-refractivity contribution in [2.45, 2.75) is 26.4 Å². The lowest BCUT2D eigenvalue weighted by molar-refractivity contribution is -0.139. The van der Waals surface area contributed by atoms with Gasteiger partial charge in [-0.3, -0.25) is 0 Å². The van der Waals surface area contributed by atoms with Gasteiger partial charge in [-0.15, -0.1) is 10.2 Å². The molecule has 0 saturated carbocycles. The third kappa shape index (κ3) is 4.28. The maximum Gasteiger partial charge on any atom is 0.337 e. The monoisotopic (exact) mass is 402 g/mol. The Morgan fingerprint density at radius 1 is 1.24 bits per heavy atom. The second-order valence-corrected chi connectivity index (χ2v) is 6.15. The number of hydrogen-bond donors (Lipinski definition) is 2. The molecule has 1 aromatic carbocycles. The molecule has 0 radical (unpaired) electrons. The quantitative estimate of drug-likeness (QED) is 0.653. The predicted molar refractivity (Wildman–Crippen MR) is 101 cm³/mol. The van der Waals surface area contributed by atoms with Gasteiger partial charge in [0, 0.05) is 5.56 Å². The van der Waals surface area contributed by atoms with Crippen molar-refractivity contribution in [3.8, 4) is 22.9 Å². The lowest BCUT2D eigenvalue weighted by Gasteiger charge is -2.26. The van der Waals surface area contributed by atoms with Crippen LogP contribution in [0.4, 0.5) is 4.79 Å². The number of rotatable bonds is 7. The first-order valence-electron chi connectivity index (χ1n) is 8.94. The molecule has 1 aromatic heterocycles. The minimum Gasteiger partial charge on any atom is -0.493 e. The molecular formula is C18H22N6O5. The number of allylic oxidation sites excluding steroid dienone is 1. The first-order chi connectivity index (χ1) is 14.0. The molecular weight excluding hydrogens is 380 g/mol. The fraction of sp³-hybridized carbons (Fsp3) is 0.389. The molecule has 29 heavy (non-hydrogen) atoms. The molecule has 2 aromatic rings. The Hall–Kier alpha value is -3.63.